The molecule has 6 nitrogen and oxygen atoms in total. The van der Waals surface area contributed by atoms with Crippen LogP contribution in [0.2, 0.25) is 0 Å². The summed E-state index contributed by atoms with van der Waals surface area (Å²) in [4.78, 5) is 4.84. The molecule has 1 aliphatic heterocycles. The van der Waals surface area contributed by atoms with Gasteiger partial charge in [-0.2, -0.15) is 0 Å². The number of nitrogens with zero attached hydrogens (tertiary/aromatic N) is 5. The van der Waals surface area contributed by atoms with Crippen molar-refractivity contribution in [1.29, 1.82) is 0 Å². The summed E-state index contributed by atoms with van der Waals surface area (Å²) in [6, 6.07) is 0. The molecule has 1 fully saturated rings. The van der Waals surface area contributed by atoms with Gasteiger partial charge in [0.15, 0.2) is 0 Å². The molecule has 1 aromatic heterocycles. The van der Waals surface area contributed by atoms with Gasteiger partial charge < -0.3 is 15.1 Å². The molecular formula is C15H30N6. The number of hydrogen-bond donors (Lipinski definition) is 1. The summed E-state index contributed by atoms with van der Waals surface area (Å²) in [5.41, 5.74) is 1.03. The van der Waals surface area contributed by atoms with E-state index >= 15 is 0 Å². The fraction of sp³-hybridized carbons (Fsp3) is 0.867. The van der Waals surface area contributed by atoms with Crippen LogP contribution in [0, 0.1) is 5.92 Å². The molecule has 1 unspecified atom stereocenters. The Balaban J connectivity index is 1.65. The highest BCUT2D eigenvalue weighted by Gasteiger charge is 2.20. The van der Waals surface area contributed by atoms with Crippen LogP contribution in [0.15, 0.2) is 6.20 Å². The number of likely N-dealkylation sites (tertiary alicyclic amines) is 1. The summed E-state index contributed by atoms with van der Waals surface area (Å²) in [5.74, 6) is 0.824. The monoisotopic (exact) mass is 294 g/mol. The fourth-order valence-corrected chi connectivity index (χ4v) is 2.90. The second kappa shape index (κ2) is 8.46. The van der Waals surface area contributed by atoms with Gasteiger partial charge in [-0.1, -0.05) is 12.1 Å². The Morgan fingerprint density at radius 3 is 3.05 bits per heavy atom. The van der Waals surface area contributed by atoms with Gasteiger partial charge in [0.25, 0.3) is 0 Å². The lowest BCUT2D eigenvalue weighted by Gasteiger charge is -2.20. The zero-order valence-electron chi connectivity index (χ0n) is 13.8. The maximum atomic E-state index is 4.20. The minimum Gasteiger partial charge on any atom is -0.311 e. The topological polar surface area (TPSA) is 49.2 Å². The normalized spacial score (nSPS) is 19.7. The molecule has 0 amide bonds. The third-order valence-electron chi connectivity index (χ3n) is 4.09. The average Bonchev–Trinajstić information content (AvgIpc) is 3.06. The van der Waals surface area contributed by atoms with Crippen molar-refractivity contribution in [2.75, 3.05) is 46.8 Å². The lowest BCUT2D eigenvalue weighted by molar-refractivity contribution is 0.260. The number of rotatable bonds is 9. The van der Waals surface area contributed by atoms with Crippen molar-refractivity contribution in [1.82, 2.24) is 30.1 Å². The molecule has 1 aliphatic rings. The van der Waals surface area contributed by atoms with Gasteiger partial charge in [-0.05, 0) is 45.9 Å². The first-order chi connectivity index (χ1) is 10.2. The van der Waals surface area contributed by atoms with Crippen LogP contribution in [0.1, 0.15) is 25.5 Å². The zero-order chi connectivity index (χ0) is 15.1. The van der Waals surface area contributed by atoms with E-state index in [0.717, 1.165) is 44.2 Å². The zero-order valence-corrected chi connectivity index (χ0v) is 13.8. The Bertz CT molecular complexity index is 405. The molecule has 0 spiro atoms. The summed E-state index contributed by atoms with van der Waals surface area (Å²) < 4.78 is 1.96. The number of aromatic nitrogens is 3. The summed E-state index contributed by atoms with van der Waals surface area (Å²) in [5, 5.41) is 11.8. The summed E-state index contributed by atoms with van der Waals surface area (Å²) in [7, 11) is 4.42. The molecule has 0 radical (unpaired) electrons. The molecule has 1 atom stereocenters. The molecule has 1 aromatic rings. The third kappa shape index (κ3) is 5.73. The number of hydrogen-bond acceptors (Lipinski definition) is 5. The Hall–Kier alpha value is -0.980. The Labute approximate surface area is 128 Å². The molecule has 0 bridgehead atoms. The third-order valence-corrected chi connectivity index (χ3v) is 4.09. The Kier molecular flexibility index (Phi) is 6.60. The van der Waals surface area contributed by atoms with Crippen molar-refractivity contribution in [3.63, 3.8) is 0 Å². The van der Waals surface area contributed by atoms with Crippen LogP contribution in [0.5, 0.6) is 0 Å². The van der Waals surface area contributed by atoms with Gasteiger partial charge in [-0.3, -0.25) is 4.68 Å². The highest BCUT2D eigenvalue weighted by Crippen LogP contribution is 2.14. The lowest BCUT2D eigenvalue weighted by atomic mass is 10.1. The van der Waals surface area contributed by atoms with E-state index in [9.17, 15) is 0 Å². The maximum absolute atomic E-state index is 4.20. The maximum Gasteiger partial charge on any atom is 0.0964 e. The molecule has 6 heteroatoms. The molecule has 2 rings (SSSR count). The van der Waals surface area contributed by atoms with E-state index in [1.807, 2.05) is 4.68 Å². The van der Waals surface area contributed by atoms with Crippen LogP contribution < -0.4 is 5.32 Å². The van der Waals surface area contributed by atoms with Crippen molar-refractivity contribution in [3.8, 4) is 0 Å². The molecule has 1 saturated heterocycles. The van der Waals surface area contributed by atoms with E-state index in [0.29, 0.717) is 0 Å². The van der Waals surface area contributed by atoms with Crippen molar-refractivity contribution < 1.29 is 0 Å². The van der Waals surface area contributed by atoms with Crippen molar-refractivity contribution in [2.45, 2.75) is 32.9 Å². The molecule has 1 N–H and O–H groups in total. The molecule has 21 heavy (non-hydrogen) atoms. The second-order valence-electron chi connectivity index (χ2n) is 6.33. The van der Waals surface area contributed by atoms with E-state index in [1.165, 1.54) is 26.1 Å². The summed E-state index contributed by atoms with van der Waals surface area (Å²) >= 11 is 0. The number of likely N-dealkylation sites (N-methyl/N-ethyl adjacent to an activating group) is 1. The van der Waals surface area contributed by atoms with Crippen molar-refractivity contribution in [3.05, 3.63) is 11.9 Å². The van der Waals surface area contributed by atoms with E-state index < -0.39 is 0 Å². The lowest BCUT2D eigenvalue weighted by Crippen LogP contribution is -2.30. The van der Waals surface area contributed by atoms with Gasteiger partial charge >= 0.3 is 0 Å². The van der Waals surface area contributed by atoms with E-state index in [2.05, 4.69) is 52.6 Å². The van der Waals surface area contributed by atoms with Gasteiger partial charge in [0.1, 0.15) is 0 Å². The van der Waals surface area contributed by atoms with Crippen LogP contribution in [0.4, 0.5) is 0 Å². The van der Waals surface area contributed by atoms with Gasteiger partial charge in [-0.15, -0.1) is 5.10 Å². The Morgan fingerprint density at radius 2 is 2.33 bits per heavy atom. The SMILES string of the molecule is CCCNCc1cn(CCN(C)CC2CCN(C)C2)nn1. The summed E-state index contributed by atoms with van der Waals surface area (Å²) in [6.07, 6.45) is 4.53. The second-order valence-corrected chi connectivity index (χ2v) is 6.33. The smallest absolute Gasteiger partial charge is 0.0964 e. The molecule has 0 aliphatic carbocycles. The van der Waals surface area contributed by atoms with Gasteiger partial charge in [0.2, 0.25) is 0 Å². The van der Waals surface area contributed by atoms with E-state index in [4.69, 9.17) is 0 Å². The first kappa shape index (κ1) is 16.4. The van der Waals surface area contributed by atoms with Crippen LogP contribution in [-0.2, 0) is 13.1 Å². The minimum absolute atomic E-state index is 0.818. The fourth-order valence-electron chi connectivity index (χ4n) is 2.90. The minimum atomic E-state index is 0.818. The van der Waals surface area contributed by atoms with Gasteiger partial charge in [0.05, 0.1) is 12.2 Å². The van der Waals surface area contributed by atoms with Crippen molar-refractivity contribution >= 4 is 0 Å². The van der Waals surface area contributed by atoms with E-state index in [-0.39, 0.29) is 0 Å². The predicted molar refractivity (Wildman–Crippen MR) is 85.1 cm³/mol. The number of nitrogens with one attached hydrogen (secondary N) is 1. The Morgan fingerprint density at radius 1 is 1.48 bits per heavy atom. The molecule has 120 valence electrons. The van der Waals surface area contributed by atoms with Crippen LogP contribution >= 0.6 is 0 Å². The quantitative estimate of drug-likeness (QED) is 0.678. The first-order valence-corrected chi connectivity index (χ1v) is 8.14. The van der Waals surface area contributed by atoms with Crippen LogP contribution in [0.25, 0.3) is 0 Å². The van der Waals surface area contributed by atoms with Crippen LogP contribution in [0.3, 0.4) is 0 Å². The van der Waals surface area contributed by atoms with Crippen LogP contribution in [-0.4, -0.2) is 71.6 Å². The molecule has 0 saturated carbocycles. The molecular weight excluding hydrogens is 264 g/mol. The van der Waals surface area contributed by atoms with Gasteiger partial charge in [0, 0.05) is 32.4 Å². The highest BCUT2D eigenvalue weighted by molar-refractivity contribution is 4.91. The largest absolute Gasteiger partial charge is 0.311 e. The summed E-state index contributed by atoms with van der Waals surface area (Å²) in [6.45, 7) is 9.64. The molecule has 2 heterocycles. The highest BCUT2D eigenvalue weighted by atomic mass is 15.4. The van der Waals surface area contributed by atoms with Crippen molar-refractivity contribution in [2.24, 2.45) is 5.92 Å². The van der Waals surface area contributed by atoms with Gasteiger partial charge in [-0.25, -0.2) is 0 Å². The first-order valence-electron chi connectivity index (χ1n) is 8.14. The average molecular weight is 294 g/mol. The molecule has 0 aromatic carbocycles. The predicted octanol–water partition coefficient (Wildman–Crippen LogP) is 0.661. The standard InChI is InChI=1S/C15H30N6/c1-4-6-16-10-15-13-21(18-17-15)9-8-20(3)12-14-5-7-19(2)11-14/h13-14,16H,4-12H2,1-3H3. The van der Waals surface area contributed by atoms with E-state index in [1.54, 1.807) is 0 Å².